The fourth-order valence-electron chi connectivity index (χ4n) is 3.24. The molecule has 3 heterocycles. The number of nitrogen functional groups attached to an aromatic ring is 1. The SMILES string of the molecule is Nc1nc(C(=O)C(=O)NC2C(=O)N3C(C(=O)OCc4ccc([N+](=O)[O-])cc4)=C(O)CS[C@H]23)cs1. The number of nitro benzene ring substituents is 1. The number of thiazole rings is 1. The number of fused-ring (bicyclic) bond motifs is 1. The van der Waals surface area contributed by atoms with E-state index in [-0.39, 0.29) is 40.3 Å². The molecule has 0 aliphatic carbocycles. The minimum absolute atomic E-state index is 0.0284. The number of esters is 1. The zero-order valence-corrected chi connectivity index (χ0v) is 18.6. The predicted octanol–water partition coefficient (Wildman–Crippen LogP) is 0.729. The van der Waals surface area contributed by atoms with E-state index in [0.717, 1.165) is 28.0 Å². The number of anilines is 1. The standard InChI is InChI=1S/C19H15N5O8S2/c20-19-21-10(6-34-19)14(26)15(27)22-12-16(28)23-13(11(25)7-33-17(12)23)18(29)32-5-8-1-3-9(4-2-8)24(30)31/h1-4,6,12,17,25H,5,7H2,(H2,20,21)(H,22,27)/t12?,17-/m1/s1. The monoisotopic (exact) mass is 505 g/mol. The number of aromatic nitrogens is 1. The molecule has 1 aromatic heterocycles. The number of β-lactam (4-membered cyclic amide) rings is 1. The Bertz CT molecular complexity index is 1240. The van der Waals surface area contributed by atoms with Crippen molar-refractivity contribution in [1.82, 2.24) is 15.2 Å². The van der Waals surface area contributed by atoms with Crippen molar-refractivity contribution >= 4 is 57.5 Å². The number of carbonyl (C=O) groups excluding carboxylic acids is 4. The van der Waals surface area contributed by atoms with Gasteiger partial charge >= 0.3 is 5.97 Å². The molecule has 15 heteroatoms. The summed E-state index contributed by atoms with van der Waals surface area (Å²) in [6.07, 6.45) is 0. The Balaban J connectivity index is 1.40. The molecule has 4 rings (SSSR count). The minimum atomic E-state index is -1.09. The number of hydrogen-bond donors (Lipinski definition) is 3. The highest BCUT2D eigenvalue weighted by atomic mass is 32.2. The van der Waals surface area contributed by atoms with Crippen molar-refractivity contribution in [3.8, 4) is 0 Å². The van der Waals surface area contributed by atoms with Crippen LogP contribution in [0.25, 0.3) is 0 Å². The number of aliphatic hydroxyl groups is 1. The molecule has 0 radical (unpaired) electrons. The van der Waals surface area contributed by atoms with Crippen molar-refractivity contribution < 1.29 is 33.9 Å². The molecule has 2 amide bonds. The first-order valence-corrected chi connectivity index (χ1v) is 11.4. The van der Waals surface area contributed by atoms with Gasteiger partial charge in [-0.1, -0.05) is 0 Å². The minimum Gasteiger partial charge on any atom is -0.509 e. The molecular formula is C19H15N5O8S2. The molecule has 2 aliphatic heterocycles. The van der Waals surface area contributed by atoms with Crippen molar-refractivity contribution in [2.45, 2.75) is 18.0 Å². The Morgan fingerprint density at radius 3 is 2.65 bits per heavy atom. The first-order valence-electron chi connectivity index (χ1n) is 9.50. The number of ether oxygens (including phenoxy) is 1. The lowest BCUT2D eigenvalue weighted by Gasteiger charge is -2.48. The topological polar surface area (TPSA) is 195 Å². The molecule has 34 heavy (non-hydrogen) atoms. The Hall–Kier alpha value is -3.98. The van der Waals surface area contributed by atoms with Gasteiger partial charge in [0.05, 0.1) is 10.7 Å². The highest BCUT2D eigenvalue weighted by Gasteiger charge is 2.55. The lowest BCUT2D eigenvalue weighted by Crippen LogP contribution is -2.71. The maximum atomic E-state index is 12.7. The molecule has 0 saturated carbocycles. The molecule has 0 spiro atoms. The van der Waals surface area contributed by atoms with E-state index in [1.807, 2.05) is 0 Å². The summed E-state index contributed by atoms with van der Waals surface area (Å²) in [6, 6.07) is 4.23. The van der Waals surface area contributed by atoms with Crippen LogP contribution in [0.4, 0.5) is 10.8 Å². The summed E-state index contributed by atoms with van der Waals surface area (Å²) in [6.45, 7) is -0.251. The second kappa shape index (κ2) is 9.11. The van der Waals surface area contributed by atoms with E-state index in [9.17, 15) is 34.4 Å². The van der Waals surface area contributed by atoms with Gasteiger partial charge in [0, 0.05) is 17.5 Å². The maximum Gasteiger partial charge on any atom is 0.358 e. The van der Waals surface area contributed by atoms with Gasteiger partial charge in [0.25, 0.3) is 23.3 Å². The highest BCUT2D eigenvalue weighted by Crippen LogP contribution is 2.40. The fourth-order valence-corrected chi connectivity index (χ4v) is 4.98. The number of nitrogens with one attached hydrogen (secondary N) is 1. The number of nitrogens with zero attached hydrogens (tertiary/aromatic N) is 3. The van der Waals surface area contributed by atoms with E-state index in [1.165, 1.54) is 29.6 Å². The van der Waals surface area contributed by atoms with Crippen LogP contribution >= 0.6 is 23.1 Å². The fraction of sp³-hybridized carbons (Fsp3) is 0.211. The van der Waals surface area contributed by atoms with Crippen LogP contribution in [-0.4, -0.2) is 60.6 Å². The van der Waals surface area contributed by atoms with Crippen LogP contribution in [0.2, 0.25) is 0 Å². The van der Waals surface area contributed by atoms with Gasteiger partial charge in [-0.2, -0.15) is 0 Å². The van der Waals surface area contributed by atoms with Gasteiger partial charge in [-0.25, -0.2) is 9.78 Å². The maximum absolute atomic E-state index is 12.7. The van der Waals surface area contributed by atoms with Gasteiger partial charge in [-0.05, 0) is 17.7 Å². The lowest BCUT2D eigenvalue weighted by atomic mass is 10.0. The number of carbonyl (C=O) groups is 4. The van der Waals surface area contributed by atoms with Crippen LogP contribution < -0.4 is 11.1 Å². The molecule has 1 saturated heterocycles. The molecule has 13 nitrogen and oxygen atoms in total. The van der Waals surface area contributed by atoms with Gasteiger partial charge in [-0.3, -0.25) is 29.4 Å². The third-order valence-corrected chi connectivity index (χ3v) is 6.84. The first-order chi connectivity index (χ1) is 16.2. The average molecular weight is 505 g/mol. The van der Waals surface area contributed by atoms with Crippen LogP contribution in [0.1, 0.15) is 16.1 Å². The number of nitro groups is 1. The zero-order valence-electron chi connectivity index (χ0n) is 17.0. The summed E-state index contributed by atoms with van der Waals surface area (Å²) < 4.78 is 5.16. The second-order valence-electron chi connectivity index (χ2n) is 7.06. The number of nitrogens with two attached hydrogens (primary N) is 1. The Labute approximate surface area is 198 Å². The van der Waals surface area contributed by atoms with Crippen LogP contribution in [0.3, 0.4) is 0 Å². The van der Waals surface area contributed by atoms with Gasteiger partial charge in [0.1, 0.15) is 29.5 Å². The van der Waals surface area contributed by atoms with E-state index in [1.54, 1.807) is 0 Å². The lowest BCUT2D eigenvalue weighted by molar-refractivity contribution is -0.384. The number of thioether (sulfide) groups is 1. The number of aliphatic hydroxyl groups excluding tert-OH is 1. The van der Waals surface area contributed by atoms with E-state index >= 15 is 0 Å². The van der Waals surface area contributed by atoms with Gasteiger partial charge in [-0.15, -0.1) is 23.1 Å². The quantitative estimate of drug-likeness (QED) is 0.120. The Morgan fingerprint density at radius 1 is 1.32 bits per heavy atom. The normalized spacial score (nSPS) is 19.2. The van der Waals surface area contributed by atoms with Gasteiger partial charge < -0.3 is 20.9 Å². The van der Waals surface area contributed by atoms with Gasteiger partial charge in [0.2, 0.25) is 0 Å². The number of rotatable bonds is 7. The zero-order chi connectivity index (χ0) is 24.6. The average Bonchev–Trinajstić information content (AvgIpc) is 3.26. The third kappa shape index (κ3) is 4.29. The van der Waals surface area contributed by atoms with E-state index in [0.29, 0.717) is 5.56 Å². The molecule has 1 aromatic carbocycles. The van der Waals surface area contributed by atoms with Crippen LogP contribution in [-0.2, 0) is 25.7 Å². The molecule has 2 aromatic rings. The molecule has 0 bridgehead atoms. The second-order valence-corrected chi connectivity index (χ2v) is 9.05. The van der Waals surface area contributed by atoms with Crippen LogP contribution in [0.15, 0.2) is 41.1 Å². The summed E-state index contributed by atoms with van der Waals surface area (Å²) in [4.78, 5) is 64.6. The van der Waals surface area contributed by atoms with Crippen molar-refractivity contribution in [3.63, 3.8) is 0 Å². The van der Waals surface area contributed by atoms with Crippen LogP contribution in [0, 0.1) is 10.1 Å². The molecule has 4 N–H and O–H groups in total. The van der Waals surface area contributed by atoms with Gasteiger partial charge in [0.15, 0.2) is 10.8 Å². The van der Waals surface area contributed by atoms with Crippen molar-refractivity contribution in [3.05, 3.63) is 62.5 Å². The molecular weight excluding hydrogens is 490 g/mol. The molecule has 1 unspecified atom stereocenters. The first kappa shape index (κ1) is 23.2. The van der Waals surface area contributed by atoms with Crippen molar-refractivity contribution in [2.24, 2.45) is 0 Å². The number of non-ortho nitro benzene ring substituents is 1. The molecule has 2 aliphatic rings. The number of amides is 2. The van der Waals surface area contributed by atoms with E-state index < -0.39 is 39.9 Å². The summed E-state index contributed by atoms with van der Waals surface area (Å²) in [7, 11) is 0. The van der Waals surface area contributed by atoms with Crippen LogP contribution in [0.5, 0.6) is 0 Å². The summed E-state index contributed by atoms with van der Waals surface area (Å²) in [5.74, 6) is -4.09. The molecule has 2 atom stereocenters. The smallest absolute Gasteiger partial charge is 0.358 e. The van der Waals surface area contributed by atoms with E-state index in [2.05, 4.69) is 10.3 Å². The van der Waals surface area contributed by atoms with Crippen molar-refractivity contribution in [1.29, 1.82) is 0 Å². The molecule has 176 valence electrons. The summed E-state index contributed by atoms with van der Waals surface area (Å²) in [5, 5.41) is 24.0. The third-order valence-electron chi connectivity index (χ3n) is 4.91. The predicted molar refractivity (Wildman–Crippen MR) is 118 cm³/mol. The molecule has 1 fully saturated rings. The Kier molecular flexibility index (Phi) is 6.21. The van der Waals surface area contributed by atoms with Crippen molar-refractivity contribution in [2.75, 3.05) is 11.5 Å². The summed E-state index contributed by atoms with van der Waals surface area (Å²) >= 11 is 2.08. The number of ketones is 1. The van der Waals surface area contributed by atoms with E-state index in [4.69, 9.17) is 10.5 Å². The highest BCUT2D eigenvalue weighted by molar-refractivity contribution is 8.00. The Morgan fingerprint density at radius 2 is 2.03 bits per heavy atom. The number of Topliss-reactive ketones (excluding diaryl/α,β-unsaturated/α-hetero) is 1. The summed E-state index contributed by atoms with van der Waals surface area (Å²) in [5.41, 5.74) is 5.29. The largest absolute Gasteiger partial charge is 0.509 e. The number of benzene rings is 1. The number of hydrogen-bond acceptors (Lipinski definition) is 12.